The monoisotopic (exact) mass is 302 g/mol. The van der Waals surface area contributed by atoms with E-state index in [0.29, 0.717) is 17.8 Å². The molecule has 2 saturated carbocycles. The molecule has 116 valence electrons. The van der Waals surface area contributed by atoms with Crippen LogP contribution < -0.4 is 5.73 Å². The van der Waals surface area contributed by atoms with Gasteiger partial charge in [-0.15, -0.1) is 12.4 Å². The topological polar surface area (TPSA) is 55.6 Å². The molecule has 1 aliphatic heterocycles. The highest BCUT2D eigenvalue weighted by atomic mass is 35.5. The first-order chi connectivity index (χ1) is 9.16. The number of halogens is 1. The summed E-state index contributed by atoms with van der Waals surface area (Å²) < 4.78 is 5.50. The quantitative estimate of drug-likeness (QED) is 0.863. The van der Waals surface area contributed by atoms with Gasteiger partial charge >= 0.3 is 0 Å². The molecule has 2 aliphatic carbocycles. The fourth-order valence-electron chi connectivity index (χ4n) is 4.39. The molecule has 1 amide bonds. The highest BCUT2D eigenvalue weighted by molar-refractivity contribution is 5.85. The van der Waals surface area contributed by atoms with Crippen LogP contribution in [0.5, 0.6) is 0 Å². The average Bonchev–Trinajstić information content (AvgIpc) is 3.00. The predicted octanol–water partition coefficient (Wildman–Crippen LogP) is 1.67. The van der Waals surface area contributed by atoms with E-state index in [1.807, 2.05) is 11.9 Å². The molecular formula is C15H27ClN2O2. The first-order valence-electron chi connectivity index (χ1n) is 7.75. The molecule has 0 aromatic carbocycles. The third kappa shape index (κ3) is 2.97. The zero-order valence-corrected chi connectivity index (χ0v) is 13.1. The van der Waals surface area contributed by atoms with E-state index in [4.69, 9.17) is 10.5 Å². The van der Waals surface area contributed by atoms with Gasteiger partial charge in [-0.05, 0) is 49.9 Å². The van der Waals surface area contributed by atoms with E-state index in [9.17, 15) is 4.79 Å². The van der Waals surface area contributed by atoms with Crippen molar-refractivity contribution in [1.29, 1.82) is 0 Å². The highest BCUT2D eigenvalue weighted by Crippen LogP contribution is 2.48. The second kappa shape index (κ2) is 6.63. The maximum atomic E-state index is 12.6. The van der Waals surface area contributed by atoms with E-state index >= 15 is 0 Å². The number of nitrogens with zero attached hydrogens (tertiary/aromatic N) is 1. The number of rotatable bonds is 3. The maximum Gasteiger partial charge on any atom is 0.227 e. The van der Waals surface area contributed by atoms with Crippen molar-refractivity contribution in [2.24, 2.45) is 29.4 Å². The van der Waals surface area contributed by atoms with Crippen LogP contribution in [0.4, 0.5) is 0 Å². The van der Waals surface area contributed by atoms with Crippen molar-refractivity contribution < 1.29 is 9.53 Å². The van der Waals surface area contributed by atoms with Crippen LogP contribution in [0.1, 0.15) is 32.1 Å². The molecule has 3 aliphatic rings. The lowest BCUT2D eigenvalue weighted by Crippen LogP contribution is -2.47. The van der Waals surface area contributed by atoms with Gasteiger partial charge in [0.15, 0.2) is 0 Å². The Morgan fingerprint density at radius 3 is 2.65 bits per heavy atom. The summed E-state index contributed by atoms with van der Waals surface area (Å²) >= 11 is 0. The van der Waals surface area contributed by atoms with Gasteiger partial charge < -0.3 is 15.4 Å². The maximum absolute atomic E-state index is 12.6. The molecule has 2 bridgehead atoms. The molecule has 5 heteroatoms. The molecule has 0 aromatic rings. The molecule has 0 aromatic heterocycles. The van der Waals surface area contributed by atoms with Crippen molar-refractivity contribution in [2.75, 3.05) is 26.8 Å². The molecule has 4 nitrogen and oxygen atoms in total. The normalized spacial score (nSPS) is 39.4. The van der Waals surface area contributed by atoms with Crippen LogP contribution in [-0.4, -0.2) is 43.7 Å². The lowest BCUT2D eigenvalue weighted by molar-refractivity contribution is -0.137. The van der Waals surface area contributed by atoms with Gasteiger partial charge in [-0.1, -0.05) is 0 Å². The Hall–Kier alpha value is -0.320. The Balaban J connectivity index is 0.00000147. The number of hydrogen-bond donors (Lipinski definition) is 1. The summed E-state index contributed by atoms with van der Waals surface area (Å²) in [4.78, 5) is 14.5. The van der Waals surface area contributed by atoms with Crippen molar-refractivity contribution in [3.63, 3.8) is 0 Å². The van der Waals surface area contributed by atoms with Gasteiger partial charge in [-0.25, -0.2) is 0 Å². The summed E-state index contributed by atoms with van der Waals surface area (Å²) in [6.07, 6.45) is 5.92. The largest absolute Gasteiger partial charge is 0.381 e. The molecule has 5 unspecified atom stereocenters. The van der Waals surface area contributed by atoms with Crippen molar-refractivity contribution in [2.45, 2.75) is 38.1 Å². The Bertz CT molecular complexity index is 345. The standard InChI is InChI=1S/C15H26N2O2.ClH/c1-17(8-10-3-2-6-19-9-10)15(18)13-11-4-5-12(7-11)14(13)16;/h10-14H,2-9,16H2,1H3;1H. The number of carbonyl (C=O) groups is 1. The second-order valence-electron chi connectivity index (χ2n) is 6.74. The van der Waals surface area contributed by atoms with E-state index in [0.717, 1.165) is 26.2 Å². The molecule has 0 radical (unpaired) electrons. The second-order valence-corrected chi connectivity index (χ2v) is 6.74. The lowest BCUT2D eigenvalue weighted by Gasteiger charge is -2.33. The molecule has 5 atom stereocenters. The van der Waals surface area contributed by atoms with Gasteiger partial charge in [0.2, 0.25) is 5.91 Å². The summed E-state index contributed by atoms with van der Waals surface area (Å²) in [6.45, 7) is 2.52. The van der Waals surface area contributed by atoms with Gasteiger partial charge in [0, 0.05) is 26.2 Å². The van der Waals surface area contributed by atoms with Crippen LogP contribution in [0.25, 0.3) is 0 Å². The Labute approximate surface area is 127 Å². The van der Waals surface area contributed by atoms with Crippen LogP contribution in [0.15, 0.2) is 0 Å². The summed E-state index contributed by atoms with van der Waals surface area (Å²) in [5.41, 5.74) is 6.26. The minimum atomic E-state index is 0. The molecule has 1 saturated heterocycles. The SMILES string of the molecule is CN(CC1CCCOC1)C(=O)C1C2CCC(C2)C1N.Cl. The molecule has 3 rings (SSSR count). The first kappa shape index (κ1) is 16.1. The fourth-order valence-corrected chi connectivity index (χ4v) is 4.39. The lowest BCUT2D eigenvalue weighted by atomic mass is 9.84. The first-order valence-corrected chi connectivity index (χ1v) is 7.75. The summed E-state index contributed by atoms with van der Waals surface area (Å²) in [7, 11) is 1.94. The van der Waals surface area contributed by atoms with E-state index in [1.165, 1.54) is 25.7 Å². The third-order valence-corrected chi connectivity index (χ3v) is 5.43. The number of amides is 1. The molecule has 3 fully saturated rings. The third-order valence-electron chi connectivity index (χ3n) is 5.43. The van der Waals surface area contributed by atoms with Gasteiger partial charge in [-0.2, -0.15) is 0 Å². The van der Waals surface area contributed by atoms with Crippen LogP contribution in [-0.2, 0) is 9.53 Å². The Morgan fingerprint density at radius 1 is 1.30 bits per heavy atom. The van der Waals surface area contributed by atoms with Gasteiger partial charge in [0.25, 0.3) is 0 Å². The smallest absolute Gasteiger partial charge is 0.227 e. The van der Waals surface area contributed by atoms with Crippen molar-refractivity contribution in [3.8, 4) is 0 Å². The van der Waals surface area contributed by atoms with E-state index in [-0.39, 0.29) is 30.3 Å². The van der Waals surface area contributed by atoms with Gasteiger partial charge in [-0.3, -0.25) is 4.79 Å². The summed E-state index contributed by atoms with van der Waals surface area (Å²) in [6, 6.07) is 0.108. The highest BCUT2D eigenvalue weighted by Gasteiger charge is 2.49. The fraction of sp³-hybridized carbons (Fsp3) is 0.933. The van der Waals surface area contributed by atoms with E-state index in [1.54, 1.807) is 0 Å². The molecular weight excluding hydrogens is 276 g/mol. The Kier molecular flexibility index (Phi) is 5.32. The van der Waals surface area contributed by atoms with Crippen LogP contribution in [0.3, 0.4) is 0 Å². The molecule has 1 heterocycles. The predicted molar refractivity (Wildman–Crippen MR) is 80.7 cm³/mol. The van der Waals surface area contributed by atoms with Crippen molar-refractivity contribution >= 4 is 18.3 Å². The zero-order chi connectivity index (χ0) is 13.4. The number of fused-ring (bicyclic) bond motifs is 2. The minimum absolute atomic E-state index is 0. The number of carbonyl (C=O) groups excluding carboxylic acids is 1. The number of ether oxygens (including phenoxy) is 1. The van der Waals surface area contributed by atoms with Gasteiger partial charge in [0.05, 0.1) is 12.5 Å². The minimum Gasteiger partial charge on any atom is -0.381 e. The van der Waals surface area contributed by atoms with Gasteiger partial charge in [0.1, 0.15) is 0 Å². The number of nitrogens with two attached hydrogens (primary N) is 1. The van der Waals surface area contributed by atoms with Crippen LogP contribution in [0.2, 0.25) is 0 Å². The van der Waals surface area contributed by atoms with Crippen LogP contribution >= 0.6 is 12.4 Å². The summed E-state index contributed by atoms with van der Waals surface area (Å²) in [5, 5.41) is 0. The molecule has 2 N–H and O–H groups in total. The summed E-state index contributed by atoms with van der Waals surface area (Å²) in [5.74, 6) is 2.04. The van der Waals surface area contributed by atoms with E-state index in [2.05, 4.69) is 0 Å². The van der Waals surface area contributed by atoms with Crippen molar-refractivity contribution in [1.82, 2.24) is 4.90 Å². The number of hydrogen-bond acceptors (Lipinski definition) is 3. The molecule has 20 heavy (non-hydrogen) atoms. The zero-order valence-electron chi connectivity index (χ0n) is 12.3. The van der Waals surface area contributed by atoms with Crippen molar-refractivity contribution in [3.05, 3.63) is 0 Å². The Morgan fingerprint density at radius 2 is 2.05 bits per heavy atom. The van der Waals surface area contributed by atoms with Crippen LogP contribution in [0, 0.1) is 23.7 Å². The average molecular weight is 303 g/mol. The molecule has 0 spiro atoms. The van der Waals surface area contributed by atoms with E-state index < -0.39 is 0 Å².